The van der Waals surface area contributed by atoms with Crippen molar-refractivity contribution < 1.29 is 13.2 Å². The van der Waals surface area contributed by atoms with Crippen LogP contribution in [-0.4, -0.2) is 41.8 Å². The number of carbonyl (C=O) groups is 1. The highest BCUT2D eigenvalue weighted by molar-refractivity contribution is 7.89. The number of amides is 1. The molecule has 0 radical (unpaired) electrons. The molecule has 0 saturated heterocycles. The number of hydrogen-bond acceptors (Lipinski definition) is 4. The van der Waals surface area contributed by atoms with Crippen LogP contribution < -0.4 is 0 Å². The molecule has 6 nitrogen and oxygen atoms in total. The zero-order chi connectivity index (χ0) is 22.2. The summed E-state index contributed by atoms with van der Waals surface area (Å²) in [5, 5.41) is 4.73. The van der Waals surface area contributed by atoms with Crippen molar-refractivity contribution in [3.8, 4) is 11.1 Å². The van der Waals surface area contributed by atoms with Gasteiger partial charge in [0.1, 0.15) is 0 Å². The van der Waals surface area contributed by atoms with Gasteiger partial charge >= 0.3 is 0 Å². The highest BCUT2D eigenvalue weighted by atomic mass is 32.2. The van der Waals surface area contributed by atoms with Crippen LogP contribution in [0, 0.1) is 0 Å². The molecule has 0 bridgehead atoms. The molecule has 3 aromatic rings. The minimum absolute atomic E-state index is 0.0426. The zero-order valence-electron chi connectivity index (χ0n) is 18.1. The molecule has 0 saturated carbocycles. The number of fused-ring (bicyclic) bond motifs is 1. The van der Waals surface area contributed by atoms with Crippen LogP contribution in [0.3, 0.4) is 0 Å². The van der Waals surface area contributed by atoms with Crippen molar-refractivity contribution in [2.45, 2.75) is 32.1 Å². The number of nitrogens with zero attached hydrogens (tertiary/aromatic N) is 3. The highest BCUT2D eigenvalue weighted by Gasteiger charge is 2.25. The average molecular weight is 438 g/mol. The van der Waals surface area contributed by atoms with Gasteiger partial charge in [0, 0.05) is 57.4 Å². The molecule has 4 rings (SSSR count). The summed E-state index contributed by atoms with van der Waals surface area (Å²) in [4.78, 5) is 13.7. The quantitative estimate of drug-likeness (QED) is 0.615. The summed E-state index contributed by atoms with van der Waals surface area (Å²) in [6, 6.07) is 16.0. The monoisotopic (exact) mass is 437 g/mol. The van der Waals surface area contributed by atoms with Crippen LogP contribution in [-0.2, 0) is 46.8 Å². The second kappa shape index (κ2) is 8.30. The second-order valence-electron chi connectivity index (χ2n) is 8.33. The third-order valence-corrected chi connectivity index (χ3v) is 6.64. The Kier molecular flexibility index (Phi) is 5.71. The Hall–Kier alpha value is -2.93. The standard InChI is InChI=1S/C24H27N3O3S/c1-17(28)27-12-11-24-22(15-27)23(25-26(24)2)14-18-7-9-20(10-8-18)21-6-4-5-19(13-21)16-31(3,29)30/h4-10,13H,11-12,14-16H2,1-3H3. The lowest BCUT2D eigenvalue weighted by Gasteiger charge is -2.26. The fourth-order valence-electron chi connectivity index (χ4n) is 4.23. The van der Waals surface area contributed by atoms with Gasteiger partial charge in [-0.15, -0.1) is 0 Å². The molecule has 2 heterocycles. The molecule has 0 atom stereocenters. The van der Waals surface area contributed by atoms with Crippen molar-refractivity contribution in [3.63, 3.8) is 0 Å². The Morgan fingerprint density at radius 3 is 2.48 bits per heavy atom. The Morgan fingerprint density at radius 1 is 1.06 bits per heavy atom. The molecule has 0 aliphatic carbocycles. The van der Waals surface area contributed by atoms with Crippen LogP contribution in [0.2, 0.25) is 0 Å². The van der Waals surface area contributed by atoms with Crippen molar-refractivity contribution in [2.24, 2.45) is 7.05 Å². The largest absolute Gasteiger partial charge is 0.338 e. The van der Waals surface area contributed by atoms with E-state index in [0.29, 0.717) is 13.0 Å². The smallest absolute Gasteiger partial charge is 0.219 e. The zero-order valence-corrected chi connectivity index (χ0v) is 18.9. The van der Waals surface area contributed by atoms with Crippen LogP contribution >= 0.6 is 0 Å². The number of rotatable bonds is 5. The minimum Gasteiger partial charge on any atom is -0.338 e. The first-order valence-corrected chi connectivity index (χ1v) is 12.4. The normalized spacial score (nSPS) is 13.8. The van der Waals surface area contributed by atoms with Gasteiger partial charge in [0.05, 0.1) is 11.4 Å². The van der Waals surface area contributed by atoms with Gasteiger partial charge < -0.3 is 4.90 Å². The Bertz CT molecular complexity index is 1230. The van der Waals surface area contributed by atoms with Gasteiger partial charge in [-0.05, 0) is 22.3 Å². The lowest BCUT2D eigenvalue weighted by molar-refractivity contribution is -0.129. The van der Waals surface area contributed by atoms with Crippen molar-refractivity contribution in [2.75, 3.05) is 12.8 Å². The van der Waals surface area contributed by atoms with Crippen molar-refractivity contribution >= 4 is 15.7 Å². The van der Waals surface area contributed by atoms with Gasteiger partial charge in [-0.2, -0.15) is 5.10 Å². The number of hydrogen-bond donors (Lipinski definition) is 0. The molecule has 1 aliphatic rings. The molecule has 7 heteroatoms. The molecule has 0 fully saturated rings. The molecule has 1 aromatic heterocycles. The van der Waals surface area contributed by atoms with Crippen LogP contribution in [0.4, 0.5) is 0 Å². The number of aryl methyl sites for hydroxylation is 1. The fourth-order valence-corrected chi connectivity index (χ4v) is 5.02. The van der Waals surface area contributed by atoms with E-state index in [1.54, 1.807) is 6.92 Å². The van der Waals surface area contributed by atoms with Crippen LogP contribution in [0.5, 0.6) is 0 Å². The van der Waals surface area contributed by atoms with E-state index in [9.17, 15) is 13.2 Å². The number of carbonyl (C=O) groups excluding carboxylic acids is 1. The van der Waals surface area contributed by atoms with E-state index in [1.807, 2.05) is 40.9 Å². The van der Waals surface area contributed by atoms with Crippen molar-refractivity contribution in [1.82, 2.24) is 14.7 Å². The summed E-state index contributed by atoms with van der Waals surface area (Å²) < 4.78 is 25.1. The number of sulfone groups is 1. The predicted octanol–water partition coefficient (Wildman–Crippen LogP) is 3.13. The first-order chi connectivity index (χ1) is 14.7. The van der Waals surface area contributed by atoms with E-state index in [-0.39, 0.29) is 11.7 Å². The van der Waals surface area contributed by atoms with Gasteiger partial charge in [0.25, 0.3) is 0 Å². The molecular weight excluding hydrogens is 410 g/mol. The molecule has 1 amide bonds. The van der Waals surface area contributed by atoms with E-state index in [1.165, 1.54) is 17.5 Å². The van der Waals surface area contributed by atoms with Crippen LogP contribution in [0.1, 0.15) is 35.0 Å². The SMILES string of the molecule is CC(=O)N1CCc2c(c(Cc3ccc(-c4cccc(CS(C)(=O)=O)c4)cc3)nn2C)C1. The number of benzene rings is 2. The molecule has 31 heavy (non-hydrogen) atoms. The summed E-state index contributed by atoms with van der Waals surface area (Å²) in [5.41, 5.74) is 7.39. The second-order valence-corrected chi connectivity index (χ2v) is 10.5. The van der Waals surface area contributed by atoms with Gasteiger partial charge in [-0.1, -0.05) is 48.5 Å². The molecule has 162 valence electrons. The average Bonchev–Trinajstić information content (AvgIpc) is 3.02. The maximum atomic E-state index is 11.8. The first kappa shape index (κ1) is 21.3. The van der Waals surface area contributed by atoms with Gasteiger partial charge in [-0.3, -0.25) is 9.48 Å². The maximum absolute atomic E-state index is 11.8. The molecule has 2 aromatic carbocycles. The topological polar surface area (TPSA) is 72.3 Å². The van der Waals surface area contributed by atoms with E-state index >= 15 is 0 Å². The van der Waals surface area contributed by atoms with E-state index in [2.05, 4.69) is 24.3 Å². The van der Waals surface area contributed by atoms with E-state index in [4.69, 9.17) is 5.10 Å². The molecule has 0 N–H and O–H groups in total. The predicted molar refractivity (Wildman–Crippen MR) is 121 cm³/mol. The number of aromatic nitrogens is 2. The summed E-state index contributed by atoms with van der Waals surface area (Å²) in [6.45, 7) is 2.98. The Balaban J connectivity index is 1.54. The van der Waals surface area contributed by atoms with Crippen LogP contribution in [0.15, 0.2) is 48.5 Å². The van der Waals surface area contributed by atoms with Gasteiger partial charge in [0.15, 0.2) is 9.84 Å². The first-order valence-electron chi connectivity index (χ1n) is 10.3. The van der Waals surface area contributed by atoms with E-state index < -0.39 is 9.84 Å². The third kappa shape index (κ3) is 4.88. The van der Waals surface area contributed by atoms with Crippen LogP contribution in [0.25, 0.3) is 11.1 Å². The fraction of sp³-hybridized carbons (Fsp3) is 0.333. The van der Waals surface area contributed by atoms with E-state index in [0.717, 1.165) is 40.9 Å². The van der Waals surface area contributed by atoms with Gasteiger partial charge in [-0.25, -0.2) is 8.42 Å². The summed E-state index contributed by atoms with van der Waals surface area (Å²) in [6.07, 6.45) is 2.80. The van der Waals surface area contributed by atoms with Crippen molar-refractivity contribution in [3.05, 3.63) is 76.6 Å². The lowest BCUT2D eigenvalue weighted by Crippen LogP contribution is -2.34. The maximum Gasteiger partial charge on any atom is 0.219 e. The third-order valence-electron chi connectivity index (χ3n) is 5.79. The highest BCUT2D eigenvalue weighted by Crippen LogP contribution is 2.26. The Morgan fingerprint density at radius 2 is 1.81 bits per heavy atom. The molecule has 0 unspecified atom stereocenters. The lowest BCUT2D eigenvalue weighted by atomic mass is 9.98. The van der Waals surface area contributed by atoms with Crippen molar-refractivity contribution in [1.29, 1.82) is 0 Å². The summed E-state index contributed by atoms with van der Waals surface area (Å²) in [5.74, 6) is 0.143. The molecular formula is C24H27N3O3S. The summed E-state index contributed by atoms with van der Waals surface area (Å²) in [7, 11) is -1.10. The molecule has 0 spiro atoms. The summed E-state index contributed by atoms with van der Waals surface area (Å²) >= 11 is 0. The van der Waals surface area contributed by atoms with Gasteiger partial charge in [0.2, 0.25) is 5.91 Å². The minimum atomic E-state index is -3.07. The Labute approximate surface area is 183 Å². The molecule has 1 aliphatic heterocycles.